The minimum atomic E-state index is -0.0375. The van der Waals surface area contributed by atoms with Gasteiger partial charge >= 0.3 is 0 Å². The summed E-state index contributed by atoms with van der Waals surface area (Å²) < 4.78 is 1.08. The second-order valence-electron chi connectivity index (χ2n) is 5.19. The molecule has 0 radical (unpaired) electrons. The number of carbonyl (C=O) groups excluding carboxylic acids is 1. The van der Waals surface area contributed by atoms with Gasteiger partial charge in [-0.2, -0.15) is 0 Å². The van der Waals surface area contributed by atoms with Crippen molar-refractivity contribution in [3.8, 4) is 0 Å². The molecular formula is C17H19BrN2O. The smallest absolute Gasteiger partial charge is 0.251 e. The van der Waals surface area contributed by atoms with Crippen molar-refractivity contribution in [1.29, 1.82) is 0 Å². The van der Waals surface area contributed by atoms with Gasteiger partial charge in [0.2, 0.25) is 0 Å². The number of hydrogen-bond donors (Lipinski definition) is 2. The molecule has 0 atom stereocenters. The van der Waals surface area contributed by atoms with Crippen LogP contribution in [0.3, 0.4) is 0 Å². The zero-order chi connectivity index (χ0) is 15.2. The highest BCUT2D eigenvalue weighted by Crippen LogP contribution is 2.14. The molecule has 0 unspecified atom stereocenters. The molecule has 110 valence electrons. The van der Waals surface area contributed by atoms with Crippen LogP contribution in [0.5, 0.6) is 0 Å². The Balaban J connectivity index is 1.93. The molecule has 2 aromatic carbocycles. The zero-order valence-corrected chi connectivity index (χ0v) is 13.8. The lowest BCUT2D eigenvalue weighted by atomic mass is 10.1. The molecule has 0 bridgehead atoms. The lowest BCUT2D eigenvalue weighted by Crippen LogP contribution is -2.29. The van der Waals surface area contributed by atoms with Crippen LogP contribution in [0.4, 0.5) is 5.69 Å². The molecule has 0 saturated carbocycles. The fraction of sp³-hybridized carbons (Fsp3) is 0.235. The van der Waals surface area contributed by atoms with E-state index in [-0.39, 0.29) is 11.9 Å². The number of anilines is 1. The molecule has 2 N–H and O–H groups in total. The van der Waals surface area contributed by atoms with Gasteiger partial charge in [-0.05, 0) is 55.8 Å². The third-order valence-corrected chi connectivity index (χ3v) is 3.51. The third-order valence-electron chi connectivity index (χ3n) is 2.98. The van der Waals surface area contributed by atoms with E-state index in [1.165, 1.54) is 5.56 Å². The molecule has 0 aliphatic rings. The van der Waals surface area contributed by atoms with Gasteiger partial charge < -0.3 is 10.6 Å². The summed E-state index contributed by atoms with van der Waals surface area (Å²) in [6, 6.07) is 15.9. The van der Waals surface area contributed by atoms with Gasteiger partial charge in [0.1, 0.15) is 0 Å². The van der Waals surface area contributed by atoms with Gasteiger partial charge in [0.05, 0.1) is 0 Å². The number of amides is 1. The Bertz CT molecular complexity index is 591. The molecule has 0 saturated heterocycles. The van der Waals surface area contributed by atoms with E-state index in [0.29, 0.717) is 5.56 Å². The second-order valence-corrected chi connectivity index (χ2v) is 6.10. The lowest BCUT2D eigenvalue weighted by molar-refractivity contribution is 0.0943. The summed E-state index contributed by atoms with van der Waals surface area (Å²) in [6.45, 7) is 4.66. The van der Waals surface area contributed by atoms with Crippen molar-refractivity contribution in [2.75, 3.05) is 5.32 Å². The highest BCUT2D eigenvalue weighted by atomic mass is 79.9. The maximum absolute atomic E-state index is 11.8. The van der Waals surface area contributed by atoms with Crippen LogP contribution in [-0.2, 0) is 6.54 Å². The van der Waals surface area contributed by atoms with E-state index in [1.54, 1.807) is 0 Å². The summed E-state index contributed by atoms with van der Waals surface area (Å²) in [5, 5.41) is 6.22. The average Bonchev–Trinajstić information content (AvgIpc) is 2.46. The van der Waals surface area contributed by atoms with Crippen LogP contribution in [0.1, 0.15) is 29.8 Å². The Morgan fingerprint density at radius 3 is 2.24 bits per heavy atom. The van der Waals surface area contributed by atoms with Crippen LogP contribution >= 0.6 is 15.9 Å². The predicted molar refractivity (Wildman–Crippen MR) is 90.5 cm³/mol. The van der Waals surface area contributed by atoms with E-state index >= 15 is 0 Å². The minimum Gasteiger partial charge on any atom is -0.381 e. The quantitative estimate of drug-likeness (QED) is 0.851. The van der Waals surface area contributed by atoms with E-state index in [4.69, 9.17) is 0 Å². The standard InChI is InChI=1S/C17H19BrN2O/c1-12(2)20-17(21)14-5-9-16(10-6-14)19-11-13-3-7-15(18)8-4-13/h3-10,12,19H,11H2,1-2H3,(H,20,21). The number of hydrogen-bond acceptors (Lipinski definition) is 2. The second kappa shape index (κ2) is 7.27. The first-order valence-corrected chi connectivity index (χ1v) is 7.73. The van der Waals surface area contributed by atoms with E-state index in [0.717, 1.165) is 16.7 Å². The van der Waals surface area contributed by atoms with Crippen molar-refractivity contribution < 1.29 is 4.79 Å². The molecule has 2 aromatic rings. The first-order chi connectivity index (χ1) is 10.0. The number of rotatable bonds is 5. The molecule has 1 amide bonds. The molecule has 0 aromatic heterocycles. The largest absolute Gasteiger partial charge is 0.381 e. The Morgan fingerprint density at radius 1 is 1.05 bits per heavy atom. The lowest BCUT2D eigenvalue weighted by Gasteiger charge is -2.10. The number of nitrogens with one attached hydrogen (secondary N) is 2. The van der Waals surface area contributed by atoms with Crippen LogP contribution in [0.2, 0.25) is 0 Å². The molecule has 0 aliphatic heterocycles. The van der Waals surface area contributed by atoms with Gasteiger partial charge in [-0.1, -0.05) is 28.1 Å². The van der Waals surface area contributed by atoms with Crippen molar-refractivity contribution >= 4 is 27.5 Å². The SMILES string of the molecule is CC(C)NC(=O)c1ccc(NCc2ccc(Br)cc2)cc1. The van der Waals surface area contributed by atoms with Crippen LogP contribution in [0.15, 0.2) is 53.0 Å². The zero-order valence-electron chi connectivity index (χ0n) is 12.2. The summed E-state index contributed by atoms with van der Waals surface area (Å²) in [5.74, 6) is -0.0375. The molecule has 2 rings (SSSR count). The fourth-order valence-corrected chi connectivity index (χ4v) is 2.16. The third kappa shape index (κ3) is 4.90. The van der Waals surface area contributed by atoms with Gasteiger partial charge in [-0.3, -0.25) is 4.79 Å². The first kappa shape index (κ1) is 15.6. The van der Waals surface area contributed by atoms with Crippen molar-refractivity contribution in [2.45, 2.75) is 26.4 Å². The van der Waals surface area contributed by atoms with Crippen molar-refractivity contribution in [3.63, 3.8) is 0 Å². The number of benzene rings is 2. The Kier molecular flexibility index (Phi) is 5.39. The van der Waals surface area contributed by atoms with E-state index in [2.05, 4.69) is 38.7 Å². The Hall–Kier alpha value is -1.81. The molecule has 0 fully saturated rings. The maximum atomic E-state index is 11.8. The summed E-state index contributed by atoms with van der Waals surface area (Å²) >= 11 is 3.42. The highest BCUT2D eigenvalue weighted by Gasteiger charge is 2.06. The summed E-state index contributed by atoms with van der Waals surface area (Å²) in [7, 11) is 0. The topological polar surface area (TPSA) is 41.1 Å². The average molecular weight is 347 g/mol. The predicted octanol–water partition coefficient (Wildman–Crippen LogP) is 4.20. The van der Waals surface area contributed by atoms with Crippen LogP contribution in [-0.4, -0.2) is 11.9 Å². The molecule has 4 heteroatoms. The highest BCUT2D eigenvalue weighted by molar-refractivity contribution is 9.10. The van der Waals surface area contributed by atoms with Crippen LogP contribution in [0.25, 0.3) is 0 Å². The summed E-state index contributed by atoms with van der Waals surface area (Å²) in [4.78, 5) is 11.8. The molecule has 21 heavy (non-hydrogen) atoms. The molecule has 0 spiro atoms. The van der Waals surface area contributed by atoms with Crippen LogP contribution in [0, 0.1) is 0 Å². The number of carbonyl (C=O) groups is 1. The first-order valence-electron chi connectivity index (χ1n) is 6.94. The molecule has 0 aliphatic carbocycles. The molecule has 0 heterocycles. The number of halogens is 1. The van der Waals surface area contributed by atoms with E-state index < -0.39 is 0 Å². The van der Waals surface area contributed by atoms with Gasteiger partial charge in [0.15, 0.2) is 0 Å². The molecule has 3 nitrogen and oxygen atoms in total. The van der Waals surface area contributed by atoms with Gasteiger partial charge in [0, 0.05) is 28.3 Å². The normalized spacial score (nSPS) is 10.5. The van der Waals surface area contributed by atoms with Gasteiger partial charge in [-0.25, -0.2) is 0 Å². The van der Waals surface area contributed by atoms with Gasteiger partial charge in [0.25, 0.3) is 5.91 Å². The summed E-state index contributed by atoms with van der Waals surface area (Å²) in [6.07, 6.45) is 0. The van der Waals surface area contributed by atoms with Crippen molar-refractivity contribution in [1.82, 2.24) is 5.32 Å². The van der Waals surface area contributed by atoms with Crippen molar-refractivity contribution in [2.24, 2.45) is 0 Å². The minimum absolute atomic E-state index is 0.0375. The summed E-state index contributed by atoms with van der Waals surface area (Å²) in [5.41, 5.74) is 2.89. The molecular weight excluding hydrogens is 328 g/mol. The Morgan fingerprint density at radius 2 is 1.67 bits per heavy atom. The van der Waals surface area contributed by atoms with Gasteiger partial charge in [-0.15, -0.1) is 0 Å². The van der Waals surface area contributed by atoms with Crippen molar-refractivity contribution in [3.05, 3.63) is 64.1 Å². The van der Waals surface area contributed by atoms with E-state index in [1.807, 2.05) is 50.2 Å². The fourth-order valence-electron chi connectivity index (χ4n) is 1.89. The Labute approximate surface area is 133 Å². The monoisotopic (exact) mass is 346 g/mol. The van der Waals surface area contributed by atoms with E-state index in [9.17, 15) is 4.79 Å². The maximum Gasteiger partial charge on any atom is 0.251 e. The van der Waals surface area contributed by atoms with Crippen LogP contribution < -0.4 is 10.6 Å².